The third kappa shape index (κ3) is 3.28. The summed E-state index contributed by atoms with van der Waals surface area (Å²) >= 11 is 9.08. The number of carbonyl (C=O) groups is 1. The van der Waals surface area contributed by atoms with E-state index in [4.69, 9.17) is 22.1 Å². The van der Waals surface area contributed by atoms with Crippen LogP contribution < -0.4 is 15.8 Å². The third-order valence-corrected chi connectivity index (χ3v) is 3.66. The zero-order valence-corrected chi connectivity index (χ0v) is 13.3. The predicted molar refractivity (Wildman–Crippen MR) is 84.5 cm³/mol. The van der Waals surface area contributed by atoms with Gasteiger partial charge in [0.25, 0.3) is 5.91 Å². The maximum atomic E-state index is 13.2. The van der Waals surface area contributed by atoms with Crippen molar-refractivity contribution in [3.8, 4) is 5.75 Å². The molecule has 0 atom stereocenters. The summed E-state index contributed by atoms with van der Waals surface area (Å²) in [6, 6.07) is 7.14. The van der Waals surface area contributed by atoms with E-state index in [1.807, 2.05) is 0 Å². The van der Waals surface area contributed by atoms with E-state index in [0.717, 1.165) is 6.07 Å². The summed E-state index contributed by atoms with van der Waals surface area (Å²) in [5.41, 5.74) is 6.62. The lowest BCUT2D eigenvalue weighted by molar-refractivity contribution is 0.102. The molecule has 0 aliphatic rings. The molecule has 21 heavy (non-hydrogen) atoms. The Balaban J connectivity index is 2.38. The van der Waals surface area contributed by atoms with Crippen LogP contribution in [-0.2, 0) is 0 Å². The average molecular weight is 374 g/mol. The largest absolute Gasteiger partial charge is 0.494 e. The van der Waals surface area contributed by atoms with E-state index < -0.39 is 11.7 Å². The van der Waals surface area contributed by atoms with E-state index in [1.165, 1.54) is 13.2 Å². The van der Waals surface area contributed by atoms with Gasteiger partial charge >= 0.3 is 0 Å². The number of hydrogen-bond donors (Lipinski definition) is 2. The second-order valence-electron chi connectivity index (χ2n) is 4.13. The summed E-state index contributed by atoms with van der Waals surface area (Å²) in [5.74, 6) is -0.705. The van der Waals surface area contributed by atoms with Gasteiger partial charge in [0, 0.05) is 4.47 Å². The first-order chi connectivity index (χ1) is 9.93. The minimum atomic E-state index is -0.508. The van der Waals surface area contributed by atoms with Gasteiger partial charge in [0.15, 0.2) is 5.75 Å². The monoisotopic (exact) mass is 372 g/mol. The molecule has 1 amide bonds. The number of nitrogens with one attached hydrogen (secondary N) is 1. The van der Waals surface area contributed by atoms with Crippen molar-refractivity contribution in [1.82, 2.24) is 0 Å². The van der Waals surface area contributed by atoms with Gasteiger partial charge in [-0.15, -0.1) is 0 Å². The Labute approximate surface area is 134 Å². The van der Waals surface area contributed by atoms with Gasteiger partial charge in [-0.25, -0.2) is 4.39 Å². The van der Waals surface area contributed by atoms with Gasteiger partial charge in [0.2, 0.25) is 0 Å². The fourth-order valence-corrected chi connectivity index (χ4v) is 2.70. The Morgan fingerprint density at radius 2 is 2.14 bits per heavy atom. The molecule has 0 bridgehead atoms. The van der Waals surface area contributed by atoms with Crippen molar-refractivity contribution < 1.29 is 13.9 Å². The van der Waals surface area contributed by atoms with Gasteiger partial charge < -0.3 is 15.8 Å². The highest BCUT2D eigenvalue weighted by Gasteiger charge is 2.17. The van der Waals surface area contributed by atoms with Gasteiger partial charge in [0.05, 0.1) is 29.1 Å². The lowest BCUT2D eigenvalue weighted by Crippen LogP contribution is -2.14. The highest BCUT2D eigenvalue weighted by molar-refractivity contribution is 9.10. The minimum Gasteiger partial charge on any atom is -0.494 e. The number of rotatable bonds is 3. The number of nitrogen functional groups attached to an aromatic ring is 1. The number of para-hydroxylation sites is 1. The topological polar surface area (TPSA) is 64.3 Å². The number of amides is 1. The van der Waals surface area contributed by atoms with Crippen molar-refractivity contribution in [1.29, 1.82) is 0 Å². The van der Waals surface area contributed by atoms with Crippen LogP contribution >= 0.6 is 27.5 Å². The lowest BCUT2D eigenvalue weighted by Gasteiger charge is -2.13. The summed E-state index contributed by atoms with van der Waals surface area (Å²) in [6.07, 6.45) is 0. The Morgan fingerprint density at radius 3 is 2.76 bits per heavy atom. The van der Waals surface area contributed by atoms with Crippen molar-refractivity contribution in [2.75, 3.05) is 18.2 Å². The van der Waals surface area contributed by atoms with Gasteiger partial charge in [-0.3, -0.25) is 4.79 Å². The van der Waals surface area contributed by atoms with E-state index in [-0.39, 0.29) is 22.0 Å². The van der Waals surface area contributed by atoms with Gasteiger partial charge in [-0.2, -0.15) is 0 Å². The smallest absolute Gasteiger partial charge is 0.259 e. The zero-order chi connectivity index (χ0) is 15.6. The van der Waals surface area contributed by atoms with Crippen molar-refractivity contribution in [3.63, 3.8) is 0 Å². The van der Waals surface area contributed by atoms with Crippen molar-refractivity contribution in [3.05, 3.63) is 51.2 Å². The van der Waals surface area contributed by atoms with Crippen LogP contribution in [0.3, 0.4) is 0 Å². The minimum absolute atomic E-state index is 0.0816. The first kappa shape index (κ1) is 15.6. The molecule has 0 unspecified atom stereocenters. The van der Waals surface area contributed by atoms with Crippen LogP contribution in [0.2, 0.25) is 5.02 Å². The number of ether oxygens (including phenoxy) is 1. The molecule has 0 saturated carbocycles. The molecular formula is C14H11BrClFN2O2. The third-order valence-electron chi connectivity index (χ3n) is 2.74. The number of anilines is 2. The fraction of sp³-hybridized carbons (Fsp3) is 0.0714. The zero-order valence-electron chi connectivity index (χ0n) is 10.9. The molecule has 0 saturated heterocycles. The van der Waals surface area contributed by atoms with Crippen molar-refractivity contribution in [2.45, 2.75) is 0 Å². The van der Waals surface area contributed by atoms with Crippen LogP contribution in [0.25, 0.3) is 0 Å². The summed E-state index contributed by atoms with van der Waals surface area (Å²) < 4.78 is 18.6. The summed E-state index contributed by atoms with van der Waals surface area (Å²) in [5, 5.41) is 2.69. The second-order valence-corrected chi connectivity index (χ2v) is 5.39. The Morgan fingerprint density at radius 1 is 1.43 bits per heavy atom. The normalized spacial score (nSPS) is 10.3. The van der Waals surface area contributed by atoms with Crippen LogP contribution in [0, 0.1) is 5.82 Å². The number of carbonyl (C=O) groups excluding carboxylic acids is 1. The van der Waals surface area contributed by atoms with E-state index in [9.17, 15) is 9.18 Å². The maximum Gasteiger partial charge on any atom is 0.259 e. The molecule has 0 aliphatic carbocycles. The SMILES string of the molecule is COc1c(N)cccc1C(=O)Nc1c(Cl)cc(F)cc1Br. The number of hydrogen-bond acceptors (Lipinski definition) is 3. The molecule has 0 radical (unpaired) electrons. The summed E-state index contributed by atoms with van der Waals surface area (Å²) in [7, 11) is 1.42. The van der Waals surface area contributed by atoms with Gasteiger partial charge in [-0.05, 0) is 40.2 Å². The number of methoxy groups -OCH3 is 1. The molecule has 0 aromatic heterocycles. The van der Waals surface area contributed by atoms with Crippen LogP contribution in [0.5, 0.6) is 5.75 Å². The van der Waals surface area contributed by atoms with Crippen molar-refractivity contribution >= 4 is 44.8 Å². The maximum absolute atomic E-state index is 13.2. The average Bonchev–Trinajstić information content (AvgIpc) is 2.42. The van der Waals surface area contributed by atoms with Gasteiger partial charge in [-0.1, -0.05) is 17.7 Å². The van der Waals surface area contributed by atoms with E-state index in [0.29, 0.717) is 10.2 Å². The fourth-order valence-electron chi connectivity index (χ4n) is 1.80. The lowest BCUT2D eigenvalue weighted by atomic mass is 10.1. The Hall–Kier alpha value is -1.79. The highest BCUT2D eigenvalue weighted by atomic mass is 79.9. The predicted octanol–water partition coefficient (Wildman–Crippen LogP) is 4.08. The molecule has 0 fully saturated rings. The Kier molecular flexibility index (Phi) is 4.69. The molecule has 0 spiro atoms. The molecule has 2 aromatic rings. The highest BCUT2D eigenvalue weighted by Crippen LogP contribution is 2.33. The molecule has 2 aromatic carbocycles. The van der Waals surface area contributed by atoms with E-state index in [1.54, 1.807) is 18.2 Å². The van der Waals surface area contributed by atoms with Crippen LogP contribution in [0.4, 0.5) is 15.8 Å². The standard InChI is InChI=1S/C14H11BrClFN2O2/c1-21-13-8(3-2-4-11(13)18)14(20)19-12-9(15)5-7(17)6-10(12)16/h2-6H,18H2,1H3,(H,19,20). The quantitative estimate of drug-likeness (QED) is 0.797. The number of nitrogens with two attached hydrogens (primary N) is 1. The molecule has 2 rings (SSSR count). The Bertz CT molecular complexity index is 686. The van der Waals surface area contributed by atoms with Crippen LogP contribution in [-0.4, -0.2) is 13.0 Å². The molecule has 110 valence electrons. The molecule has 0 heterocycles. The summed E-state index contributed by atoms with van der Waals surface area (Å²) in [4.78, 5) is 12.3. The van der Waals surface area contributed by atoms with Crippen LogP contribution in [0.15, 0.2) is 34.8 Å². The molecular weight excluding hydrogens is 363 g/mol. The van der Waals surface area contributed by atoms with Crippen molar-refractivity contribution in [2.24, 2.45) is 0 Å². The first-order valence-electron chi connectivity index (χ1n) is 5.82. The molecule has 4 nitrogen and oxygen atoms in total. The number of halogens is 3. The summed E-state index contributed by atoms with van der Waals surface area (Å²) in [6.45, 7) is 0. The van der Waals surface area contributed by atoms with E-state index in [2.05, 4.69) is 21.2 Å². The molecule has 7 heteroatoms. The van der Waals surface area contributed by atoms with Crippen LogP contribution in [0.1, 0.15) is 10.4 Å². The molecule has 0 aliphatic heterocycles. The van der Waals surface area contributed by atoms with E-state index >= 15 is 0 Å². The number of benzene rings is 2. The van der Waals surface area contributed by atoms with Gasteiger partial charge in [0.1, 0.15) is 5.82 Å². The first-order valence-corrected chi connectivity index (χ1v) is 6.99. The molecule has 3 N–H and O–H groups in total. The second kappa shape index (κ2) is 6.32.